The third-order valence-electron chi connectivity index (χ3n) is 3.74. The van der Waals surface area contributed by atoms with Gasteiger partial charge in [-0.15, -0.1) is 0 Å². The van der Waals surface area contributed by atoms with Crippen LogP contribution in [0.5, 0.6) is 0 Å². The molecule has 104 valence electrons. The Bertz CT molecular complexity index is 484. The van der Waals surface area contributed by atoms with E-state index in [2.05, 4.69) is 29.6 Å². The van der Waals surface area contributed by atoms with Crippen molar-refractivity contribution in [1.82, 2.24) is 10.3 Å². The molecule has 4 N–H and O–H groups in total. The summed E-state index contributed by atoms with van der Waals surface area (Å²) in [5.74, 6) is 5.34. The second-order valence-corrected chi connectivity index (χ2v) is 6.09. The lowest BCUT2D eigenvalue weighted by atomic mass is 9.92. The van der Waals surface area contributed by atoms with Gasteiger partial charge in [-0.1, -0.05) is 13.8 Å². The molecule has 0 aliphatic heterocycles. The fourth-order valence-electron chi connectivity index (χ4n) is 2.68. The van der Waals surface area contributed by atoms with Crippen molar-refractivity contribution in [2.45, 2.75) is 46.1 Å². The van der Waals surface area contributed by atoms with E-state index in [1.54, 1.807) is 12.3 Å². The van der Waals surface area contributed by atoms with Gasteiger partial charge in [0.1, 0.15) is 0 Å². The normalized spacial score (nSPS) is 21.2. The van der Waals surface area contributed by atoms with E-state index >= 15 is 0 Å². The molecule has 1 fully saturated rings. The van der Waals surface area contributed by atoms with Crippen LogP contribution < -0.4 is 16.6 Å². The van der Waals surface area contributed by atoms with Crippen molar-refractivity contribution in [2.24, 2.45) is 11.3 Å². The van der Waals surface area contributed by atoms with Gasteiger partial charge in [-0.2, -0.15) is 0 Å². The Morgan fingerprint density at radius 2 is 2.26 bits per heavy atom. The molecule has 2 rings (SSSR count). The fraction of sp³-hybridized carbons (Fsp3) is 0.571. The van der Waals surface area contributed by atoms with Crippen molar-refractivity contribution in [3.8, 4) is 0 Å². The number of nitrogen functional groups attached to an aromatic ring is 1. The average molecular weight is 262 g/mol. The zero-order chi connectivity index (χ0) is 14.0. The van der Waals surface area contributed by atoms with Gasteiger partial charge < -0.3 is 10.7 Å². The van der Waals surface area contributed by atoms with Crippen LogP contribution in [0, 0.1) is 12.3 Å². The Morgan fingerprint density at radius 1 is 1.53 bits per heavy atom. The highest BCUT2D eigenvalue weighted by molar-refractivity contribution is 5.99. The van der Waals surface area contributed by atoms with E-state index in [9.17, 15) is 4.79 Å². The number of anilines is 1. The van der Waals surface area contributed by atoms with Crippen LogP contribution in [0.2, 0.25) is 0 Å². The third kappa shape index (κ3) is 3.23. The number of hydrogen-bond donors (Lipinski definition) is 3. The number of nitrogens with one attached hydrogen (secondary N) is 2. The van der Waals surface area contributed by atoms with E-state index in [0.29, 0.717) is 16.7 Å². The fourth-order valence-corrected chi connectivity index (χ4v) is 2.68. The molecule has 5 heteroatoms. The van der Waals surface area contributed by atoms with E-state index in [-0.39, 0.29) is 11.9 Å². The number of aromatic nitrogens is 1. The molecule has 0 saturated heterocycles. The van der Waals surface area contributed by atoms with Crippen LogP contribution >= 0.6 is 0 Å². The molecule has 1 aliphatic carbocycles. The smallest absolute Gasteiger partial charge is 0.255 e. The molecular formula is C14H22N4O. The number of nitrogens with two attached hydrogens (primary N) is 1. The standard InChI is InChI=1S/C14H22N4O/c1-9-6-12(18-15)11(8-16-9)13(19)17-10-4-5-14(2,3)7-10/h6,8,10H,4-5,7,15H2,1-3H3,(H,16,18)(H,17,19). The third-order valence-corrected chi connectivity index (χ3v) is 3.74. The Balaban J connectivity index is 2.08. The van der Waals surface area contributed by atoms with Crippen LogP contribution in [0.1, 0.15) is 49.2 Å². The number of rotatable bonds is 3. The Labute approximate surface area is 114 Å². The summed E-state index contributed by atoms with van der Waals surface area (Å²) in [6.07, 6.45) is 4.76. The maximum atomic E-state index is 12.3. The number of nitrogens with zero attached hydrogens (tertiary/aromatic N) is 1. The molecule has 1 aromatic rings. The molecule has 0 radical (unpaired) electrons. The second-order valence-electron chi connectivity index (χ2n) is 6.09. The first kappa shape index (κ1) is 13.8. The summed E-state index contributed by atoms with van der Waals surface area (Å²) >= 11 is 0. The maximum Gasteiger partial charge on any atom is 0.255 e. The minimum atomic E-state index is -0.108. The van der Waals surface area contributed by atoms with Gasteiger partial charge in [-0.25, -0.2) is 0 Å². The number of amides is 1. The first-order valence-electron chi connectivity index (χ1n) is 6.65. The summed E-state index contributed by atoms with van der Waals surface area (Å²) in [6.45, 7) is 6.33. The number of carbonyl (C=O) groups is 1. The minimum absolute atomic E-state index is 0.108. The van der Waals surface area contributed by atoms with Gasteiger partial charge in [0.15, 0.2) is 0 Å². The van der Waals surface area contributed by atoms with E-state index in [0.717, 1.165) is 25.0 Å². The predicted octanol–water partition coefficient (Wildman–Crippen LogP) is 1.98. The summed E-state index contributed by atoms with van der Waals surface area (Å²) in [5.41, 5.74) is 4.81. The zero-order valence-electron chi connectivity index (χ0n) is 11.8. The Morgan fingerprint density at radius 3 is 2.84 bits per heavy atom. The van der Waals surface area contributed by atoms with Crippen molar-refractivity contribution >= 4 is 11.6 Å². The monoisotopic (exact) mass is 262 g/mol. The molecule has 0 spiro atoms. The summed E-state index contributed by atoms with van der Waals surface area (Å²) in [5, 5.41) is 3.07. The largest absolute Gasteiger partial charge is 0.349 e. The van der Waals surface area contributed by atoms with Crippen LogP contribution in [0.25, 0.3) is 0 Å². The number of aryl methyl sites for hydroxylation is 1. The van der Waals surface area contributed by atoms with Gasteiger partial charge in [0.2, 0.25) is 0 Å². The van der Waals surface area contributed by atoms with Gasteiger partial charge in [-0.05, 0) is 37.7 Å². The van der Waals surface area contributed by atoms with E-state index in [1.165, 1.54) is 0 Å². The van der Waals surface area contributed by atoms with Gasteiger partial charge in [0, 0.05) is 17.9 Å². The summed E-state index contributed by atoms with van der Waals surface area (Å²) in [7, 11) is 0. The predicted molar refractivity (Wildman–Crippen MR) is 75.7 cm³/mol. The molecule has 1 aliphatic rings. The molecule has 0 aromatic carbocycles. The van der Waals surface area contributed by atoms with Gasteiger partial charge >= 0.3 is 0 Å². The van der Waals surface area contributed by atoms with Crippen molar-refractivity contribution in [3.05, 3.63) is 23.5 Å². The quantitative estimate of drug-likeness (QED) is 0.575. The Kier molecular flexibility index (Phi) is 3.75. The van der Waals surface area contributed by atoms with Crippen LogP contribution in [0.4, 0.5) is 5.69 Å². The minimum Gasteiger partial charge on any atom is -0.349 e. The topological polar surface area (TPSA) is 80.0 Å². The van der Waals surface area contributed by atoms with E-state index in [4.69, 9.17) is 5.84 Å². The zero-order valence-corrected chi connectivity index (χ0v) is 11.8. The lowest BCUT2D eigenvalue weighted by Crippen LogP contribution is -2.34. The number of pyridine rings is 1. The maximum absolute atomic E-state index is 12.3. The van der Waals surface area contributed by atoms with Crippen LogP contribution in [-0.4, -0.2) is 16.9 Å². The lowest BCUT2D eigenvalue weighted by Gasteiger charge is -2.18. The molecule has 19 heavy (non-hydrogen) atoms. The van der Waals surface area contributed by atoms with Gasteiger partial charge in [0.05, 0.1) is 11.3 Å². The van der Waals surface area contributed by atoms with Gasteiger partial charge in [-0.3, -0.25) is 15.6 Å². The molecule has 0 bridgehead atoms. The first-order chi connectivity index (χ1) is 8.91. The molecule has 1 aromatic heterocycles. The van der Waals surface area contributed by atoms with Crippen LogP contribution in [-0.2, 0) is 0 Å². The molecular weight excluding hydrogens is 240 g/mol. The summed E-state index contributed by atoms with van der Waals surface area (Å²) < 4.78 is 0. The second kappa shape index (κ2) is 5.17. The van der Waals surface area contributed by atoms with Crippen molar-refractivity contribution < 1.29 is 4.79 Å². The molecule has 1 amide bonds. The lowest BCUT2D eigenvalue weighted by molar-refractivity contribution is 0.0936. The summed E-state index contributed by atoms with van der Waals surface area (Å²) in [4.78, 5) is 16.4. The van der Waals surface area contributed by atoms with Crippen LogP contribution in [0.15, 0.2) is 12.3 Å². The molecule has 5 nitrogen and oxygen atoms in total. The molecule has 1 unspecified atom stereocenters. The van der Waals surface area contributed by atoms with E-state index < -0.39 is 0 Å². The Hall–Kier alpha value is -1.62. The highest BCUT2D eigenvalue weighted by Gasteiger charge is 2.32. The summed E-state index contributed by atoms with van der Waals surface area (Å²) in [6, 6.07) is 2.02. The average Bonchev–Trinajstić information content (AvgIpc) is 2.68. The SMILES string of the molecule is Cc1cc(NN)c(C(=O)NC2CCC(C)(C)C2)cn1. The van der Waals surface area contributed by atoms with E-state index in [1.807, 2.05) is 6.92 Å². The number of hydrogen-bond acceptors (Lipinski definition) is 4. The van der Waals surface area contributed by atoms with Crippen molar-refractivity contribution in [3.63, 3.8) is 0 Å². The number of hydrazine groups is 1. The van der Waals surface area contributed by atoms with Gasteiger partial charge in [0.25, 0.3) is 5.91 Å². The van der Waals surface area contributed by atoms with Crippen molar-refractivity contribution in [1.29, 1.82) is 0 Å². The highest BCUT2D eigenvalue weighted by Crippen LogP contribution is 2.37. The molecule has 1 saturated carbocycles. The highest BCUT2D eigenvalue weighted by atomic mass is 16.1. The first-order valence-corrected chi connectivity index (χ1v) is 6.65. The molecule has 1 heterocycles. The molecule has 1 atom stereocenters. The van der Waals surface area contributed by atoms with Crippen LogP contribution in [0.3, 0.4) is 0 Å². The van der Waals surface area contributed by atoms with Crippen molar-refractivity contribution in [2.75, 3.05) is 5.43 Å². The number of carbonyl (C=O) groups excluding carboxylic acids is 1.